The van der Waals surface area contributed by atoms with Crippen LogP contribution in [0.2, 0.25) is 0 Å². The minimum atomic E-state index is -0.586. The first-order valence-corrected chi connectivity index (χ1v) is 7.42. The molecule has 0 saturated heterocycles. The van der Waals surface area contributed by atoms with E-state index in [1.54, 1.807) is 31.4 Å². The average Bonchev–Trinajstić information content (AvgIpc) is 2.60. The number of hydrogen-bond donors (Lipinski definition) is 1. The molecule has 0 aromatic heterocycles. The predicted octanol–water partition coefficient (Wildman–Crippen LogP) is 3.20. The number of ether oxygens (including phenoxy) is 2. The second-order valence-electron chi connectivity index (χ2n) is 5.13. The van der Waals surface area contributed by atoms with E-state index in [0.717, 1.165) is 11.1 Å². The zero-order valence-electron chi connectivity index (χ0n) is 13.6. The van der Waals surface area contributed by atoms with Gasteiger partial charge in [-0.25, -0.2) is 4.79 Å². The van der Waals surface area contributed by atoms with Crippen molar-refractivity contribution in [2.75, 3.05) is 19.0 Å². The average molecular weight is 325 g/mol. The zero-order chi connectivity index (χ0) is 17.4. The van der Waals surface area contributed by atoms with E-state index < -0.39 is 5.97 Å². The molecular formula is C19H19NO4. The van der Waals surface area contributed by atoms with E-state index in [0.29, 0.717) is 11.4 Å². The molecule has 0 radical (unpaired) electrons. The summed E-state index contributed by atoms with van der Waals surface area (Å²) < 4.78 is 10.0. The maximum Gasteiger partial charge on any atom is 0.331 e. The second kappa shape index (κ2) is 8.53. The smallest absolute Gasteiger partial charge is 0.331 e. The largest absolute Gasteiger partial charge is 0.497 e. The van der Waals surface area contributed by atoms with Crippen molar-refractivity contribution in [3.8, 4) is 5.75 Å². The number of nitrogens with one attached hydrogen (secondary N) is 1. The van der Waals surface area contributed by atoms with Gasteiger partial charge in [0.1, 0.15) is 5.75 Å². The van der Waals surface area contributed by atoms with Crippen molar-refractivity contribution in [1.29, 1.82) is 0 Å². The Bertz CT molecular complexity index is 735. The molecule has 5 heteroatoms. The molecule has 0 atom stereocenters. The minimum absolute atomic E-state index is 0.338. The Kier molecular flexibility index (Phi) is 6.14. The molecule has 0 bridgehead atoms. The number of rotatable bonds is 6. The van der Waals surface area contributed by atoms with Crippen molar-refractivity contribution in [2.45, 2.75) is 6.92 Å². The summed E-state index contributed by atoms with van der Waals surface area (Å²) in [5.41, 5.74) is 2.56. The molecule has 124 valence electrons. The van der Waals surface area contributed by atoms with Gasteiger partial charge in [-0.05, 0) is 42.8 Å². The fraction of sp³-hybridized carbons (Fsp3) is 0.158. The number of carbonyl (C=O) groups is 2. The minimum Gasteiger partial charge on any atom is -0.497 e. The lowest BCUT2D eigenvalue weighted by Gasteiger charge is -2.05. The van der Waals surface area contributed by atoms with Crippen molar-refractivity contribution in [1.82, 2.24) is 0 Å². The molecule has 2 rings (SSSR count). The van der Waals surface area contributed by atoms with E-state index in [9.17, 15) is 9.59 Å². The summed E-state index contributed by atoms with van der Waals surface area (Å²) in [6.07, 6.45) is 2.87. The molecule has 0 unspecified atom stereocenters. The number of hydrogen-bond acceptors (Lipinski definition) is 4. The topological polar surface area (TPSA) is 64.6 Å². The zero-order valence-corrected chi connectivity index (χ0v) is 13.6. The fourth-order valence-electron chi connectivity index (χ4n) is 1.93. The SMILES string of the molecule is COc1cccc(C=CC(=O)OCC(=O)Nc2ccc(C)cc2)c1. The van der Waals surface area contributed by atoms with Crippen LogP contribution in [-0.2, 0) is 14.3 Å². The Labute approximate surface area is 140 Å². The van der Waals surface area contributed by atoms with Crippen molar-refractivity contribution >= 4 is 23.6 Å². The molecule has 1 amide bonds. The van der Waals surface area contributed by atoms with Gasteiger partial charge in [-0.15, -0.1) is 0 Å². The number of anilines is 1. The van der Waals surface area contributed by atoms with Crippen molar-refractivity contribution in [3.63, 3.8) is 0 Å². The summed E-state index contributed by atoms with van der Waals surface area (Å²) in [7, 11) is 1.57. The quantitative estimate of drug-likeness (QED) is 0.654. The molecule has 0 fully saturated rings. The first kappa shape index (κ1) is 17.3. The van der Waals surface area contributed by atoms with Gasteiger partial charge < -0.3 is 14.8 Å². The van der Waals surface area contributed by atoms with Crippen LogP contribution in [0.3, 0.4) is 0 Å². The third-order valence-electron chi connectivity index (χ3n) is 3.19. The van der Waals surface area contributed by atoms with Gasteiger partial charge in [0.05, 0.1) is 7.11 Å². The van der Waals surface area contributed by atoms with Crippen LogP contribution in [-0.4, -0.2) is 25.6 Å². The normalized spacial score (nSPS) is 10.4. The number of benzene rings is 2. The fourth-order valence-corrected chi connectivity index (χ4v) is 1.93. The van der Waals surface area contributed by atoms with Crippen LogP contribution >= 0.6 is 0 Å². The third kappa shape index (κ3) is 5.61. The Balaban J connectivity index is 1.80. The van der Waals surface area contributed by atoms with Gasteiger partial charge in [0, 0.05) is 11.8 Å². The lowest BCUT2D eigenvalue weighted by Crippen LogP contribution is -2.20. The second-order valence-corrected chi connectivity index (χ2v) is 5.13. The van der Waals surface area contributed by atoms with Gasteiger partial charge in [0.15, 0.2) is 6.61 Å². The lowest BCUT2D eigenvalue weighted by molar-refractivity contribution is -0.142. The van der Waals surface area contributed by atoms with E-state index in [-0.39, 0.29) is 12.5 Å². The molecule has 24 heavy (non-hydrogen) atoms. The molecule has 0 aliphatic heterocycles. The van der Waals surface area contributed by atoms with Gasteiger partial charge in [0.25, 0.3) is 5.91 Å². The molecule has 0 saturated carbocycles. The standard InChI is InChI=1S/C19H19NO4/c1-14-6-9-16(10-7-14)20-18(21)13-24-19(22)11-8-15-4-3-5-17(12-15)23-2/h3-12H,13H2,1-2H3,(H,20,21). The van der Waals surface area contributed by atoms with Crippen LogP contribution in [0.25, 0.3) is 6.08 Å². The van der Waals surface area contributed by atoms with Crippen molar-refractivity contribution < 1.29 is 19.1 Å². The van der Waals surface area contributed by atoms with E-state index in [4.69, 9.17) is 9.47 Å². The van der Waals surface area contributed by atoms with E-state index in [1.165, 1.54) is 6.08 Å². The maximum absolute atomic E-state index is 11.7. The summed E-state index contributed by atoms with van der Waals surface area (Å²) in [5.74, 6) is -0.276. The molecule has 0 heterocycles. The van der Waals surface area contributed by atoms with E-state index in [1.807, 2.05) is 37.3 Å². The van der Waals surface area contributed by atoms with Gasteiger partial charge in [-0.3, -0.25) is 4.79 Å². The highest BCUT2D eigenvalue weighted by molar-refractivity contribution is 5.94. The third-order valence-corrected chi connectivity index (χ3v) is 3.19. The van der Waals surface area contributed by atoms with Crippen LogP contribution in [0.15, 0.2) is 54.6 Å². The Morgan fingerprint density at radius 2 is 1.88 bits per heavy atom. The number of esters is 1. The lowest BCUT2D eigenvalue weighted by atomic mass is 10.2. The Morgan fingerprint density at radius 1 is 1.12 bits per heavy atom. The van der Waals surface area contributed by atoms with Crippen molar-refractivity contribution in [3.05, 3.63) is 65.7 Å². The summed E-state index contributed by atoms with van der Waals surface area (Å²) in [5, 5.41) is 2.66. The maximum atomic E-state index is 11.7. The molecule has 0 spiro atoms. The molecular weight excluding hydrogens is 306 g/mol. The van der Waals surface area contributed by atoms with Gasteiger partial charge in [-0.2, -0.15) is 0 Å². The first-order valence-electron chi connectivity index (χ1n) is 7.42. The van der Waals surface area contributed by atoms with Crippen LogP contribution in [0.1, 0.15) is 11.1 Å². The number of amides is 1. The number of carbonyl (C=O) groups excluding carboxylic acids is 2. The summed E-state index contributed by atoms with van der Waals surface area (Å²) in [6, 6.07) is 14.6. The van der Waals surface area contributed by atoms with Crippen LogP contribution in [0.5, 0.6) is 5.75 Å². The molecule has 0 aliphatic rings. The Morgan fingerprint density at radius 3 is 2.58 bits per heavy atom. The molecule has 2 aromatic carbocycles. The summed E-state index contributed by atoms with van der Waals surface area (Å²) >= 11 is 0. The molecule has 5 nitrogen and oxygen atoms in total. The van der Waals surface area contributed by atoms with Crippen LogP contribution in [0.4, 0.5) is 5.69 Å². The molecule has 1 N–H and O–H groups in total. The van der Waals surface area contributed by atoms with Gasteiger partial charge in [0.2, 0.25) is 0 Å². The number of methoxy groups -OCH3 is 1. The summed E-state index contributed by atoms with van der Waals surface area (Å²) in [4.78, 5) is 23.4. The molecule has 0 aliphatic carbocycles. The first-order chi connectivity index (χ1) is 11.6. The summed E-state index contributed by atoms with van der Waals surface area (Å²) in [6.45, 7) is 1.62. The van der Waals surface area contributed by atoms with Gasteiger partial charge in [-0.1, -0.05) is 29.8 Å². The van der Waals surface area contributed by atoms with E-state index >= 15 is 0 Å². The highest BCUT2D eigenvalue weighted by atomic mass is 16.5. The highest BCUT2D eigenvalue weighted by Crippen LogP contribution is 2.13. The monoisotopic (exact) mass is 325 g/mol. The van der Waals surface area contributed by atoms with E-state index in [2.05, 4.69) is 5.32 Å². The van der Waals surface area contributed by atoms with Crippen LogP contribution in [0, 0.1) is 6.92 Å². The predicted molar refractivity (Wildman–Crippen MR) is 92.8 cm³/mol. The molecule has 2 aromatic rings. The number of aryl methyl sites for hydroxylation is 1. The van der Waals surface area contributed by atoms with Crippen molar-refractivity contribution in [2.24, 2.45) is 0 Å². The van der Waals surface area contributed by atoms with Crippen LogP contribution < -0.4 is 10.1 Å². The highest BCUT2D eigenvalue weighted by Gasteiger charge is 2.05. The Hall–Kier alpha value is -3.08. The van der Waals surface area contributed by atoms with Gasteiger partial charge >= 0.3 is 5.97 Å².